The van der Waals surface area contributed by atoms with E-state index < -0.39 is 6.10 Å². The Morgan fingerprint density at radius 1 is 1.05 bits per heavy atom. The van der Waals surface area contributed by atoms with Crippen LogP contribution in [0.3, 0.4) is 0 Å². The highest BCUT2D eigenvalue weighted by atomic mass is 35.5. The summed E-state index contributed by atoms with van der Waals surface area (Å²) in [4.78, 5) is 0. The summed E-state index contributed by atoms with van der Waals surface area (Å²) >= 11 is 12.1. The highest BCUT2D eigenvalue weighted by Gasteiger charge is 2.21. The van der Waals surface area contributed by atoms with Gasteiger partial charge in [-0.05, 0) is 36.4 Å². The number of aliphatic hydroxyl groups is 1. The summed E-state index contributed by atoms with van der Waals surface area (Å²) in [6.45, 7) is 0. The smallest absolute Gasteiger partial charge is 0.140 e. The normalized spacial score (nSPS) is 12.8. The molecule has 0 aliphatic carbocycles. The fraction of sp³-hybridized carbons (Fsp3) is 0.0667. The van der Waals surface area contributed by atoms with Crippen molar-refractivity contribution < 1.29 is 13.9 Å². The van der Waals surface area contributed by atoms with Crippen molar-refractivity contribution in [3.8, 4) is 0 Å². The molecule has 20 heavy (non-hydrogen) atoms. The van der Waals surface area contributed by atoms with Crippen LogP contribution in [0.15, 0.2) is 46.9 Å². The van der Waals surface area contributed by atoms with Crippen molar-refractivity contribution in [1.82, 2.24) is 0 Å². The quantitative estimate of drug-likeness (QED) is 0.725. The molecule has 102 valence electrons. The fourth-order valence-corrected chi connectivity index (χ4v) is 2.69. The lowest BCUT2D eigenvalue weighted by Crippen LogP contribution is -1.99. The molecule has 0 aliphatic heterocycles. The molecular formula is C15H9Cl2FO2. The van der Waals surface area contributed by atoms with Crippen LogP contribution in [0.5, 0.6) is 0 Å². The van der Waals surface area contributed by atoms with Crippen LogP contribution in [0.4, 0.5) is 4.39 Å². The molecule has 0 aliphatic rings. The van der Waals surface area contributed by atoms with Gasteiger partial charge >= 0.3 is 0 Å². The second-order valence-electron chi connectivity index (χ2n) is 4.37. The van der Waals surface area contributed by atoms with E-state index >= 15 is 0 Å². The van der Waals surface area contributed by atoms with E-state index in [1.807, 2.05) is 0 Å². The predicted molar refractivity (Wildman–Crippen MR) is 76.7 cm³/mol. The third-order valence-electron chi connectivity index (χ3n) is 3.04. The van der Waals surface area contributed by atoms with Gasteiger partial charge in [-0.3, -0.25) is 0 Å². The maximum atomic E-state index is 13.2. The number of halogens is 3. The van der Waals surface area contributed by atoms with Crippen LogP contribution in [0.2, 0.25) is 10.0 Å². The molecular weight excluding hydrogens is 302 g/mol. The molecule has 0 saturated heterocycles. The van der Waals surface area contributed by atoms with E-state index in [1.54, 1.807) is 24.3 Å². The van der Waals surface area contributed by atoms with Crippen LogP contribution in [0, 0.1) is 5.82 Å². The van der Waals surface area contributed by atoms with Crippen molar-refractivity contribution in [2.45, 2.75) is 6.10 Å². The molecule has 0 saturated carbocycles. The maximum absolute atomic E-state index is 13.2. The van der Waals surface area contributed by atoms with Gasteiger partial charge in [0.15, 0.2) is 0 Å². The summed E-state index contributed by atoms with van der Waals surface area (Å²) < 4.78 is 18.7. The molecule has 1 aromatic heterocycles. The topological polar surface area (TPSA) is 33.4 Å². The first-order valence-corrected chi connectivity index (χ1v) is 6.63. The molecule has 2 aromatic carbocycles. The van der Waals surface area contributed by atoms with E-state index in [-0.39, 0.29) is 11.6 Å². The first-order valence-electron chi connectivity index (χ1n) is 5.87. The maximum Gasteiger partial charge on any atom is 0.140 e. The van der Waals surface area contributed by atoms with Crippen molar-refractivity contribution in [3.05, 3.63) is 69.7 Å². The highest BCUT2D eigenvalue weighted by molar-refractivity contribution is 6.36. The van der Waals surface area contributed by atoms with Gasteiger partial charge in [-0.15, -0.1) is 0 Å². The van der Waals surface area contributed by atoms with Gasteiger partial charge in [-0.1, -0.05) is 29.3 Å². The zero-order valence-corrected chi connectivity index (χ0v) is 11.6. The average Bonchev–Trinajstić information content (AvgIpc) is 2.81. The number of fused-ring (bicyclic) bond motifs is 1. The van der Waals surface area contributed by atoms with Gasteiger partial charge in [0.2, 0.25) is 0 Å². The zero-order valence-electron chi connectivity index (χ0n) is 10.1. The number of benzene rings is 2. The lowest BCUT2D eigenvalue weighted by molar-refractivity contribution is 0.192. The van der Waals surface area contributed by atoms with Gasteiger partial charge in [0.1, 0.15) is 23.3 Å². The molecule has 1 heterocycles. The fourth-order valence-electron chi connectivity index (χ4n) is 2.08. The molecule has 3 aromatic rings. The zero-order chi connectivity index (χ0) is 14.3. The predicted octanol–water partition coefficient (Wildman–Crippen LogP) is 4.96. The second kappa shape index (κ2) is 5.09. The summed E-state index contributed by atoms with van der Waals surface area (Å²) in [5.74, 6) is -0.101. The highest BCUT2D eigenvalue weighted by Crippen LogP contribution is 2.36. The van der Waals surface area contributed by atoms with Crippen molar-refractivity contribution in [2.24, 2.45) is 0 Å². The lowest BCUT2D eigenvalue weighted by Gasteiger charge is -2.11. The Bertz CT molecular complexity index is 762. The minimum Gasteiger partial charge on any atom is -0.458 e. The van der Waals surface area contributed by atoms with Gasteiger partial charge in [0, 0.05) is 21.0 Å². The largest absolute Gasteiger partial charge is 0.458 e. The Labute approximate surface area is 124 Å². The Morgan fingerprint density at radius 2 is 1.75 bits per heavy atom. The van der Waals surface area contributed by atoms with Gasteiger partial charge in [0.05, 0.1) is 0 Å². The Hall–Kier alpha value is -1.55. The number of hydrogen-bond acceptors (Lipinski definition) is 2. The lowest BCUT2D eigenvalue weighted by atomic mass is 10.1. The van der Waals surface area contributed by atoms with Crippen LogP contribution >= 0.6 is 23.2 Å². The molecule has 0 amide bonds. The van der Waals surface area contributed by atoms with Crippen molar-refractivity contribution in [3.63, 3.8) is 0 Å². The van der Waals surface area contributed by atoms with Crippen LogP contribution < -0.4 is 0 Å². The molecule has 2 nitrogen and oxygen atoms in total. The molecule has 1 unspecified atom stereocenters. The Kier molecular flexibility index (Phi) is 3.42. The first-order chi connectivity index (χ1) is 9.56. The van der Waals surface area contributed by atoms with Crippen molar-refractivity contribution in [2.75, 3.05) is 0 Å². The number of rotatable bonds is 2. The summed E-state index contributed by atoms with van der Waals surface area (Å²) in [6, 6.07) is 10.7. The SMILES string of the molecule is OC(c1cc2cc(F)ccc2o1)c1c(Cl)cccc1Cl. The van der Waals surface area contributed by atoms with E-state index in [2.05, 4.69) is 0 Å². The minimum absolute atomic E-state index is 0.264. The molecule has 5 heteroatoms. The van der Waals surface area contributed by atoms with E-state index in [0.717, 1.165) is 0 Å². The summed E-state index contributed by atoms with van der Waals surface area (Å²) in [5.41, 5.74) is 0.860. The van der Waals surface area contributed by atoms with Crippen molar-refractivity contribution in [1.29, 1.82) is 0 Å². The number of hydrogen-bond donors (Lipinski definition) is 1. The standard InChI is InChI=1S/C15H9Cl2FO2/c16-10-2-1-3-11(17)14(10)15(19)13-7-8-6-9(18)4-5-12(8)20-13/h1-7,15,19H. The van der Waals surface area contributed by atoms with E-state index in [4.69, 9.17) is 27.6 Å². The van der Waals surface area contributed by atoms with Gasteiger partial charge in [-0.2, -0.15) is 0 Å². The third kappa shape index (κ3) is 2.29. The van der Waals surface area contributed by atoms with E-state index in [1.165, 1.54) is 18.2 Å². The summed E-state index contributed by atoms with van der Waals surface area (Å²) in [7, 11) is 0. The second-order valence-corrected chi connectivity index (χ2v) is 5.18. The van der Waals surface area contributed by atoms with E-state index in [0.29, 0.717) is 26.6 Å². The molecule has 0 spiro atoms. The van der Waals surface area contributed by atoms with Gasteiger partial charge in [0.25, 0.3) is 0 Å². The molecule has 1 atom stereocenters. The monoisotopic (exact) mass is 310 g/mol. The molecule has 1 N–H and O–H groups in total. The Morgan fingerprint density at radius 3 is 2.45 bits per heavy atom. The molecule has 0 radical (unpaired) electrons. The van der Waals surface area contributed by atoms with Crippen LogP contribution in [0.1, 0.15) is 17.4 Å². The number of furan rings is 1. The minimum atomic E-state index is -1.10. The molecule has 0 bridgehead atoms. The van der Waals surface area contributed by atoms with Gasteiger partial charge in [-0.25, -0.2) is 4.39 Å². The van der Waals surface area contributed by atoms with Crippen molar-refractivity contribution >= 4 is 34.2 Å². The van der Waals surface area contributed by atoms with Crippen LogP contribution in [0.25, 0.3) is 11.0 Å². The first kappa shape index (κ1) is 13.4. The van der Waals surface area contributed by atoms with Crippen LogP contribution in [-0.2, 0) is 0 Å². The molecule has 3 rings (SSSR count). The summed E-state index contributed by atoms with van der Waals surface area (Å²) in [6.07, 6.45) is -1.10. The number of aliphatic hydroxyl groups excluding tert-OH is 1. The van der Waals surface area contributed by atoms with E-state index in [9.17, 15) is 9.50 Å². The van der Waals surface area contributed by atoms with Gasteiger partial charge < -0.3 is 9.52 Å². The third-order valence-corrected chi connectivity index (χ3v) is 3.70. The average molecular weight is 311 g/mol. The Balaban J connectivity index is 2.10. The molecule has 0 fully saturated rings. The summed E-state index contributed by atoms with van der Waals surface area (Å²) in [5, 5.41) is 11.6. The van der Waals surface area contributed by atoms with Crippen LogP contribution in [-0.4, -0.2) is 5.11 Å².